The molecule has 0 amide bonds. The quantitative estimate of drug-likeness (QED) is 0.537. The second-order valence-electron chi connectivity index (χ2n) is 7.13. The molecular formula is C21H22Cl2N2O2. The third kappa shape index (κ3) is 5.12. The van der Waals surface area contributed by atoms with Crippen molar-refractivity contribution in [3.63, 3.8) is 0 Å². The third-order valence-corrected chi connectivity index (χ3v) is 4.29. The van der Waals surface area contributed by atoms with Crippen molar-refractivity contribution in [3.05, 3.63) is 72.3 Å². The van der Waals surface area contributed by atoms with Gasteiger partial charge in [-0.05, 0) is 35.4 Å². The molecule has 2 aromatic carbocycles. The third-order valence-electron chi connectivity index (χ3n) is 4.04. The Morgan fingerprint density at radius 1 is 1.04 bits per heavy atom. The van der Waals surface area contributed by atoms with E-state index in [-0.39, 0.29) is 18.2 Å². The summed E-state index contributed by atoms with van der Waals surface area (Å²) in [6.07, 6.45) is 4.21. The number of carbonyl (C=O) groups excluding carboxylic acids is 1. The number of benzene rings is 2. The number of halogens is 2. The van der Waals surface area contributed by atoms with Crippen molar-refractivity contribution in [1.82, 2.24) is 9.55 Å². The fourth-order valence-corrected chi connectivity index (χ4v) is 2.65. The molecule has 1 aromatic heterocycles. The van der Waals surface area contributed by atoms with E-state index >= 15 is 0 Å². The molecule has 0 bridgehead atoms. The number of hydrogen-bond acceptors (Lipinski definition) is 3. The van der Waals surface area contributed by atoms with Gasteiger partial charge in [-0.2, -0.15) is 0 Å². The van der Waals surface area contributed by atoms with Gasteiger partial charge in [-0.25, -0.2) is 4.98 Å². The number of nitrogens with zero attached hydrogens (tertiary/aromatic N) is 2. The van der Waals surface area contributed by atoms with Gasteiger partial charge >= 0.3 is 0 Å². The maximum atomic E-state index is 12.8. The number of Topliss-reactive ketones (excluding diaryl/α,β-unsaturated/α-hetero) is 1. The van der Waals surface area contributed by atoms with Crippen LogP contribution in [-0.2, 0) is 4.79 Å². The summed E-state index contributed by atoms with van der Waals surface area (Å²) in [6.45, 7) is 5.64. The van der Waals surface area contributed by atoms with Gasteiger partial charge in [0.05, 0.1) is 6.33 Å². The van der Waals surface area contributed by atoms with Crippen LogP contribution in [0.15, 0.2) is 67.3 Å². The first-order chi connectivity index (χ1) is 12.3. The molecule has 0 aliphatic carbocycles. The lowest BCUT2D eigenvalue weighted by Gasteiger charge is -2.26. The number of hydrogen-bond donors (Lipinski definition) is 0. The van der Waals surface area contributed by atoms with Crippen LogP contribution in [0.1, 0.15) is 27.0 Å². The molecule has 0 saturated heterocycles. The predicted molar refractivity (Wildman–Crippen MR) is 110 cm³/mol. The van der Waals surface area contributed by atoms with E-state index in [1.54, 1.807) is 23.3 Å². The highest BCUT2D eigenvalue weighted by atomic mass is 35.5. The van der Waals surface area contributed by atoms with Crippen molar-refractivity contribution >= 4 is 29.8 Å². The van der Waals surface area contributed by atoms with E-state index in [1.165, 1.54) is 0 Å². The predicted octanol–water partition coefficient (Wildman–Crippen LogP) is 5.82. The lowest BCUT2D eigenvalue weighted by atomic mass is 9.89. The van der Waals surface area contributed by atoms with Gasteiger partial charge in [0.1, 0.15) is 5.75 Å². The van der Waals surface area contributed by atoms with E-state index in [1.807, 2.05) is 69.3 Å². The number of ether oxygens (including phenoxy) is 1. The summed E-state index contributed by atoms with van der Waals surface area (Å²) in [7, 11) is 0. The summed E-state index contributed by atoms with van der Waals surface area (Å²) >= 11 is 5.94. The Morgan fingerprint density at radius 2 is 1.59 bits per heavy atom. The summed E-state index contributed by atoms with van der Waals surface area (Å²) in [6, 6.07) is 15.3. The van der Waals surface area contributed by atoms with Crippen LogP contribution >= 0.6 is 24.0 Å². The van der Waals surface area contributed by atoms with E-state index in [4.69, 9.17) is 16.3 Å². The monoisotopic (exact) mass is 404 g/mol. The number of ketones is 1. The molecule has 3 rings (SSSR count). The highest BCUT2D eigenvalue weighted by Crippen LogP contribution is 2.29. The Hall–Kier alpha value is -2.30. The van der Waals surface area contributed by atoms with Crippen molar-refractivity contribution < 1.29 is 9.53 Å². The summed E-state index contributed by atoms with van der Waals surface area (Å²) in [5.74, 6) is 0.608. The van der Waals surface area contributed by atoms with Gasteiger partial charge < -0.3 is 4.74 Å². The summed E-state index contributed by atoms with van der Waals surface area (Å²) < 4.78 is 7.69. The van der Waals surface area contributed by atoms with E-state index < -0.39 is 11.6 Å². The second kappa shape index (κ2) is 8.59. The molecule has 0 spiro atoms. The van der Waals surface area contributed by atoms with Crippen LogP contribution < -0.4 is 4.74 Å². The van der Waals surface area contributed by atoms with Gasteiger partial charge in [-0.1, -0.05) is 56.6 Å². The van der Waals surface area contributed by atoms with Gasteiger partial charge in [-0.3, -0.25) is 9.36 Å². The fourth-order valence-electron chi connectivity index (χ4n) is 2.53. The molecule has 6 heteroatoms. The van der Waals surface area contributed by atoms with E-state index in [9.17, 15) is 4.79 Å². The molecule has 0 N–H and O–H groups in total. The molecular weight excluding hydrogens is 383 g/mol. The van der Waals surface area contributed by atoms with Crippen molar-refractivity contribution in [3.8, 4) is 16.9 Å². The van der Waals surface area contributed by atoms with Crippen LogP contribution in [0.25, 0.3) is 11.1 Å². The van der Waals surface area contributed by atoms with Crippen molar-refractivity contribution in [1.29, 1.82) is 0 Å². The van der Waals surface area contributed by atoms with Crippen molar-refractivity contribution in [2.75, 3.05) is 0 Å². The van der Waals surface area contributed by atoms with Gasteiger partial charge in [0.25, 0.3) is 0 Å². The zero-order chi connectivity index (χ0) is 18.7. The Bertz CT molecular complexity index is 868. The molecule has 0 fully saturated rings. The second-order valence-corrected chi connectivity index (χ2v) is 7.56. The molecule has 0 aliphatic rings. The first-order valence-corrected chi connectivity index (χ1v) is 8.77. The van der Waals surface area contributed by atoms with Crippen LogP contribution in [0, 0.1) is 5.41 Å². The number of rotatable bonds is 5. The zero-order valence-electron chi connectivity index (χ0n) is 15.4. The van der Waals surface area contributed by atoms with Gasteiger partial charge in [0.2, 0.25) is 6.23 Å². The minimum absolute atomic E-state index is 0. The molecule has 0 radical (unpaired) electrons. The average Bonchev–Trinajstić information content (AvgIpc) is 3.14. The lowest BCUT2D eigenvalue weighted by Crippen LogP contribution is -2.33. The molecule has 3 aromatic rings. The molecule has 27 heavy (non-hydrogen) atoms. The van der Waals surface area contributed by atoms with Crippen LogP contribution in [0.2, 0.25) is 5.02 Å². The van der Waals surface area contributed by atoms with E-state index in [0.29, 0.717) is 10.8 Å². The van der Waals surface area contributed by atoms with Crippen molar-refractivity contribution in [2.45, 2.75) is 27.0 Å². The molecule has 142 valence electrons. The average molecular weight is 405 g/mol. The normalized spacial score (nSPS) is 12.1. The van der Waals surface area contributed by atoms with Crippen LogP contribution in [-0.4, -0.2) is 15.3 Å². The Labute approximate surface area is 170 Å². The topological polar surface area (TPSA) is 44.1 Å². The first-order valence-electron chi connectivity index (χ1n) is 8.39. The largest absolute Gasteiger partial charge is 0.463 e. The summed E-state index contributed by atoms with van der Waals surface area (Å²) in [5, 5.41) is 0.706. The maximum Gasteiger partial charge on any atom is 0.236 e. The Morgan fingerprint density at radius 3 is 2.07 bits per heavy atom. The fraction of sp³-hybridized carbons (Fsp3) is 0.238. The molecule has 4 nitrogen and oxygen atoms in total. The number of imidazole rings is 1. The maximum absolute atomic E-state index is 12.8. The van der Waals surface area contributed by atoms with Crippen LogP contribution in [0.3, 0.4) is 0 Å². The van der Waals surface area contributed by atoms with Gasteiger partial charge in [0, 0.05) is 22.8 Å². The summed E-state index contributed by atoms with van der Waals surface area (Å²) in [5.41, 5.74) is 1.59. The number of aromatic nitrogens is 2. The minimum atomic E-state index is -0.751. The Kier molecular flexibility index (Phi) is 6.68. The lowest BCUT2D eigenvalue weighted by molar-refractivity contribution is -0.137. The van der Waals surface area contributed by atoms with Crippen LogP contribution in [0.4, 0.5) is 0 Å². The highest BCUT2D eigenvalue weighted by molar-refractivity contribution is 6.30. The molecule has 1 unspecified atom stereocenters. The van der Waals surface area contributed by atoms with Gasteiger partial charge in [0.15, 0.2) is 5.78 Å². The molecule has 1 heterocycles. The summed E-state index contributed by atoms with van der Waals surface area (Å²) in [4.78, 5) is 16.8. The molecule has 0 saturated carbocycles. The Balaban J connectivity index is 0.00000261. The molecule has 1 atom stereocenters. The van der Waals surface area contributed by atoms with E-state index in [0.717, 1.165) is 11.1 Å². The smallest absolute Gasteiger partial charge is 0.236 e. The van der Waals surface area contributed by atoms with E-state index in [2.05, 4.69) is 4.98 Å². The van der Waals surface area contributed by atoms with Gasteiger partial charge in [-0.15, -0.1) is 12.4 Å². The minimum Gasteiger partial charge on any atom is -0.463 e. The standard InChI is InChI=1S/C21H21ClN2O2.ClH/c1-21(2,3)19(25)20(24-13-12-23-14-24)26-18-10-6-16(7-11-18)15-4-8-17(22)9-5-15;/h4-14,20H,1-3H3;1H. The number of carbonyl (C=O) groups is 1. The van der Waals surface area contributed by atoms with Crippen molar-refractivity contribution in [2.24, 2.45) is 5.41 Å². The highest BCUT2D eigenvalue weighted by Gasteiger charge is 2.32. The van der Waals surface area contributed by atoms with Crippen LogP contribution in [0.5, 0.6) is 5.75 Å². The first kappa shape index (κ1) is 21.0. The molecule has 0 aliphatic heterocycles. The zero-order valence-corrected chi connectivity index (χ0v) is 17.0. The SMILES string of the molecule is CC(C)(C)C(=O)C(Oc1ccc(-c2ccc(Cl)cc2)cc1)n1ccnc1.Cl.